The molecule has 0 spiro atoms. The summed E-state index contributed by atoms with van der Waals surface area (Å²) in [6.07, 6.45) is 2.18. The zero-order valence-electron chi connectivity index (χ0n) is 16.7. The van der Waals surface area contributed by atoms with Crippen LogP contribution in [-0.4, -0.2) is 31.1 Å². The molecule has 0 saturated heterocycles. The molecule has 2 amide bonds. The largest absolute Gasteiger partial charge is 0.486 e. The third-order valence-electron chi connectivity index (χ3n) is 4.53. The van der Waals surface area contributed by atoms with E-state index in [9.17, 15) is 9.59 Å². The fourth-order valence-corrected chi connectivity index (χ4v) is 2.70. The maximum atomic E-state index is 12.2. The fraction of sp³-hybridized carbons (Fsp3) is 0.273. The topological polar surface area (TPSA) is 85.9 Å². The van der Waals surface area contributed by atoms with Crippen LogP contribution in [0.4, 0.5) is 0 Å². The molecule has 7 heteroatoms. The molecular formula is C22H24N2O5. The lowest BCUT2D eigenvalue weighted by Crippen LogP contribution is -2.46. The van der Waals surface area contributed by atoms with Gasteiger partial charge in [0.25, 0.3) is 11.8 Å². The molecule has 0 radical (unpaired) electrons. The van der Waals surface area contributed by atoms with E-state index in [0.29, 0.717) is 30.5 Å². The van der Waals surface area contributed by atoms with Crippen LogP contribution in [0.5, 0.6) is 17.2 Å². The van der Waals surface area contributed by atoms with Gasteiger partial charge in [-0.1, -0.05) is 18.2 Å². The molecular weight excluding hydrogens is 372 g/mol. The Hall–Kier alpha value is -3.48. The van der Waals surface area contributed by atoms with E-state index >= 15 is 0 Å². The first-order valence-corrected chi connectivity index (χ1v) is 9.34. The van der Waals surface area contributed by atoms with Crippen LogP contribution in [0.1, 0.15) is 23.6 Å². The summed E-state index contributed by atoms with van der Waals surface area (Å²) in [5.41, 5.74) is 7.54. The summed E-state index contributed by atoms with van der Waals surface area (Å²) in [5.74, 6) is 1.05. The highest BCUT2D eigenvalue weighted by molar-refractivity contribution is 5.93. The lowest BCUT2D eigenvalue weighted by molar-refractivity contribution is -0.131. The second-order valence-electron chi connectivity index (χ2n) is 6.67. The number of rotatable bonds is 5. The third kappa shape index (κ3) is 5.28. The first-order chi connectivity index (χ1) is 13.9. The van der Waals surface area contributed by atoms with Crippen molar-refractivity contribution in [2.75, 3.05) is 13.2 Å². The highest BCUT2D eigenvalue weighted by atomic mass is 16.6. The first-order valence-electron chi connectivity index (χ1n) is 9.34. The van der Waals surface area contributed by atoms with Gasteiger partial charge in [0.05, 0.1) is 0 Å². The SMILES string of the molecule is Cc1cccc(O[C@H](C)C(=O)NNC(=O)/C=C/c2ccc3c(c2)OCCO3)c1C. The van der Waals surface area contributed by atoms with Crippen LogP contribution >= 0.6 is 0 Å². The van der Waals surface area contributed by atoms with Gasteiger partial charge in [-0.25, -0.2) is 0 Å². The number of aryl methyl sites for hydroxylation is 1. The van der Waals surface area contributed by atoms with E-state index in [-0.39, 0.29) is 0 Å². The summed E-state index contributed by atoms with van der Waals surface area (Å²) in [7, 11) is 0. The van der Waals surface area contributed by atoms with Crippen LogP contribution in [0.3, 0.4) is 0 Å². The van der Waals surface area contributed by atoms with Gasteiger partial charge in [0.1, 0.15) is 19.0 Å². The Balaban J connectivity index is 1.50. The van der Waals surface area contributed by atoms with Gasteiger partial charge in [0.2, 0.25) is 0 Å². The van der Waals surface area contributed by atoms with Crippen molar-refractivity contribution < 1.29 is 23.8 Å². The lowest BCUT2D eigenvalue weighted by atomic mass is 10.1. The number of hydrazine groups is 1. The molecule has 0 unspecified atom stereocenters. The Morgan fingerprint density at radius 2 is 1.83 bits per heavy atom. The highest BCUT2D eigenvalue weighted by Gasteiger charge is 2.16. The van der Waals surface area contributed by atoms with E-state index < -0.39 is 17.9 Å². The average molecular weight is 396 g/mol. The van der Waals surface area contributed by atoms with Gasteiger partial charge in [-0.15, -0.1) is 0 Å². The molecule has 2 aromatic carbocycles. The van der Waals surface area contributed by atoms with E-state index in [2.05, 4.69) is 10.9 Å². The number of carbonyl (C=O) groups excluding carboxylic acids is 2. The van der Waals surface area contributed by atoms with E-state index in [1.807, 2.05) is 32.0 Å². The van der Waals surface area contributed by atoms with Crippen molar-refractivity contribution in [3.8, 4) is 17.2 Å². The van der Waals surface area contributed by atoms with Gasteiger partial charge in [-0.2, -0.15) is 0 Å². The standard InChI is InChI=1S/C22H24N2O5/c1-14-5-4-6-18(15(14)2)29-16(3)22(26)24-23-21(25)10-8-17-7-9-19-20(13-17)28-12-11-27-19/h4-10,13,16H,11-12H2,1-3H3,(H,23,25)(H,24,26)/b10-8+/t16-/m1/s1. The predicted molar refractivity (Wildman–Crippen MR) is 109 cm³/mol. The zero-order valence-corrected chi connectivity index (χ0v) is 16.7. The second kappa shape index (κ2) is 9.14. The van der Waals surface area contributed by atoms with Gasteiger partial charge in [0, 0.05) is 6.08 Å². The van der Waals surface area contributed by atoms with Gasteiger partial charge in [-0.05, 0) is 61.7 Å². The number of nitrogens with one attached hydrogen (secondary N) is 2. The van der Waals surface area contributed by atoms with Crippen molar-refractivity contribution in [3.05, 3.63) is 59.2 Å². The molecule has 2 aromatic rings. The summed E-state index contributed by atoms with van der Waals surface area (Å²) in [6, 6.07) is 11.0. The fourth-order valence-electron chi connectivity index (χ4n) is 2.70. The summed E-state index contributed by atoms with van der Waals surface area (Å²) in [6.45, 7) is 6.54. The van der Waals surface area contributed by atoms with Crippen LogP contribution in [0.15, 0.2) is 42.5 Å². The van der Waals surface area contributed by atoms with Crippen molar-refractivity contribution in [2.24, 2.45) is 0 Å². The Bertz CT molecular complexity index is 939. The minimum atomic E-state index is -0.766. The maximum absolute atomic E-state index is 12.2. The molecule has 3 rings (SSSR count). The van der Waals surface area contributed by atoms with Gasteiger partial charge in [-0.3, -0.25) is 20.4 Å². The smallest absolute Gasteiger partial charge is 0.279 e. The molecule has 1 heterocycles. The van der Waals surface area contributed by atoms with Gasteiger partial charge in [0.15, 0.2) is 17.6 Å². The summed E-state index contributed by atoms with van der Waals surface area (Å²) < 4.78 is 16.7. The van der Waals surface area contributed by atoms with E-state index in [0.717, 1.165) is 16.7 Å². The van der Waals surface area contributed by atoms with Crippen LogP contribution in [0.2, 0.25) is 0 Å². The molecule has 0 saturated carbocycles. The van der Waals surface area contributed by atoms with Crippen LogP contribution in [-0.2, 0) is 9.59 Å². The number of ether oxygens (including phenoxy) is 3. The minimum Gasteiger partial charge on any atom is -0.486 e. The summed E-state index contributed by atoms with van der Waals surface area (Å²) >= 11 is 0. The Morgan fingerprint density at radius 3 is 2.62 bits per heavy atom. The Kier molecular flexibility index (Phi) is 6.39. The summed E-state index contributed by atoms with van der Waals surface area (Å²) in [5, 5.41) is 0. The van der Waals surface area contributed by atoms with E-state index in [4.69, 9.17) is 14.2 Å². The molecule has 0 bridgehead atoms. The maximum Gasteiger partial charge on any atom is 0.279 e. The van der Waals surface area contributed by atoms with Crippen molar-refractivity contribution in [1.29, 1.82) is 0 Å². The van der Waals surface area contributed by atoms with E-state index in [1.54, 1.807) is 31.2 Å². The van der Waals surface area contributed by atoms with Crippen molar-refractivity contribution in [1.82, 2.24) is 10.9 Å². The molecule has 1 atom stereocenters. The summed E-state index contributed by atoms with van der Waals surface area (Å²) in [4.78, 5) is 24.2. The third-order valence-corrected chi connectivity index (χ3v) is 4.53. The molecule has 152 valence electrons. The molecule has 1 aliphatic rings. The Morgan fingerprint density at radius 1 is 1.07 bits per heavy atom. The molecule has 0 aromatic heterocycles. The molecule has 1 aliphatic heterocycles. The average Bonchev–Trinajstić information content (AvgIpc) is 2.73. The second-order valence-corrected chi connectivity index (χ2v) is 6.67. The van der Waals surface area contributed by atoms with Crippen LogP contribution in [0.25, 0.3) is 6.08 Å². The number of benzene rings is 2. The molecule has 2 N–H and O–H groups in total. The number of fused-ring (bicyclic) bond motifs is 1. The minimum absolute atomic E-state index is 0.452. The van der Waals surface area contributed by atoms with Crippen LogP contribution in [0, 0.1) is 13.8 Å². The molecule has 7 nitrogen and oxygen atoms in total. The monoisotopic (exact) mass is 396 g/mol. The predicted octanol–water partition coefficient (Wildman–Crippen LogP) is 2.70. The van der Waals surface area contributed by atoms with Crippen LogP contribution < -0.4 is 25.1 Å². The number of amides is 2. The van der Waals surface area contributed by atoms with Crippen molar-refractivity contribution >= 4 is 17.9 Å². The van der Waals surface area contributed by atoms with Gasteiger partial charge < -0.3 is 14.2 Å². The normalized spacial score (nSPS) is 13.6. The molecule has 0 fully saturated rings. The number of hydrogen-bond donors (Lipinski definition) is 2. The Labute approximate surface area is 169 Å². The number of hydrogen-bond acceptors (Lipinski definition) is 5. The molecule has 29 heavy (non-hydrogen) atoms. The van der Waals surface area contributed by atoms with Gasteiger partial charge >= 0.3 is 0 Å². The lowest BCUT2D eigenvalue weighted by Gasteiger charge is -2.18. The van der Waals surface area contributed by atoms with Crippen molar-refractivity contribution in [3.63, 3.8) is 0 Å². The zero-order chi connectivity index (χ0) is 20.8. The quantitative estimate of drug-likeness (QED) is 0.600. The molecule has 0 aliphatic carbocycles. The van der Waals surface area contributed by atoms with Crippen molar-refractivity contribution in [2.45, 2.75) is 26.9 Å². The first kappa shape index (κ1) is 20.3. The van der Waals surface area contributed by atoms with E-state index in [1.165, 1.54) is 6.08 Å². The highest BCUT2D eigenvalue weighted by Crippen LogP contribution is 2.31. The number of carbonyl (C=O) groups is 2.